The number of ether oxygens (including phenoxy) is 1. The predicted molar refractivity (Wildman–Crippen MR) is 78.8 cm³/mol. The number of carbonyl (C=O) groups excluding carboxylic acids is 1. The van der Waals surface area contributed by atoms with E-state index in [-0.39, 0.29) is 12.5 Å². The molecule has 0 aliphatic rings. The number of hydrogen-bond acceptors (Lipinski definition) is 3. The van der Waals surface area contributed by atoms with Gasteiger partial charge in [0.1, 0.15) is 5.75 Å². The van der Waals surface area contributed by atoms with E-state index < -0.39 is 6.10 Å². The summed E-state index contributed by atoms with van der Waals surface area (Å²) < 4.78 is 5.68. The van der Waals surface area contributed by atoms with Gasteiger partial charge in [0.15, 0.2) is 6.61 Å². The first kappa shape index (κ1) is 14.3. The molecule has 0 radical (unpaired) electrons. The summed E-state index contributed by atoms with van der Waals surface area (Å²) in [7, 11) is 3.37. The van der Waals surface area contributed by atoms with E-state index in [2.05, 4.69) is 0 Å². The van der Waals surface area contributed by atoms with E-state index in [0.29, 0.717) is 11.3 Å². The van der Waals surface area contributed by atoms with Crippen molar-refractivity contribution in [1.82, 2.24) is 4.90 Å². The van der Waals surface area contributed by atoms with E-state index in [0.717, 1.165) is 10.8 Å². The molecule has 1 atom stereocenters. The molecule has 1 N–H and O–H groups in total. The fraction of sp³-hybridized carbons (Fsp3) is 0.312. The van der Waals surface area contributed by atoms with Crippen LogP contribution in [0.3, 0.4) is 0 Å². The highest BCUT2D eigenvalue weighted by Crippen LogP contribution is 2.33. The van der Waals surface area contributed by atoms with Gasteiger partial charge in [-0.3, -0.25) is 4.79 Å². The number of aliphatic hydroxyl groups excluding tert-OH is 1. The first-order valence-corrected chi connectivity index (χ1v) is 6.53. The minimum atomic E-state index is -0.649. The second kappa shape index (κ2) is 5.92. The van der Waals surface area contributed by atoms with Gasteiger partial charge in [-0.2, -0.15) is 0 Å². The lowest BCUT2D eigenvalue weighted by atomic mass is 10.0. The summed E-state index contributed by atoms with van der Waals surface area (Å²) in [6.45, 7) is 1.64. The maximum Gasteiger partial charge on any atom is 0.259 e. The van der Waals surface area contributed by atoms with Gasteiger partial charge >= 0.3 is 0 Å². The van der Waals surface area contributed by atoms with Crippen LogP contribution in [0.2, 0.25) is 0 Å². The Bertz CT molecular complexity index is 620. The van der Waals surface area contributed by atoms with Crippen LogP contribution in [-0.4, -0.2) is 36.6 Å². The summed E-state index contributed by atoms with van der Waals surface area (Å²) in [6, 6.07) is 11.5. The Hall–Kier alpha value is -2.07. The molecule has 0 aromatic heterocycles. The molecule has 20 heavy (non-hydrogen) atoms. The van der Waals surface area contributed by atoms with Crippen LogP contribution in [0, 0.1) is 0 Å². The molecule has 0 aliphatic carbocycles. The molecule has 4 heteroatoms. The van der Waals surface area contributed by atoms with Crippen LogP contribution in [0.4, 0.5) is 0 Å². The van der Waals surface area contributed by atoms with E-state index in [1.165, 1.54) is 4.90 Å². The molecule has 0 bridgehead atoms. The monoisotopic (exact) mass is 273 g/mol. The third-order valence-electron chi connectivity index (χ3n) is 3.20. The number of nitrogens with zero attached hydrogens (tertiary/aromatic N) is 1. The molecule has 1 unspecified atom stereocenters. The molecule has 0 saturated carbocycles. The van der Waals surface area contributed by atoms with Crippen LogP contribution < -0.4 is 4.74 Å². The molecular formula is C16H19NO3. The molecule has 4 nitrogen and oxygen atoms in total. The molecule has 2 rings (SSSR count). The van der Waals surface area contributed by atoms with Crippen molar-refractivity contribution in [2.75, 3.05) is 20.7 Å². The normalized spacial score (nSPS) is 12.2. The number of aliphatic hydroxyl groups is 1. The number of hydrogen-bond donors (Lipinski definition) is 1. The highest BCUT2D eigenvalue weighted by molar-refractivity contribution is 5.90. The van der Waals surface area contributed by atoms with Crippen molar-refractivity contribution in [3.63, 3.8) is 0 Å². The minimum Gasteiger partial charge on any atom is -0.483 e. The smallest absolute Gasteiger partial charge is 0.259 e. The largest absolute Gasteiger partial charge is 0.483 e. The highest BCUT2D eigenvalue weighted by Gasteiger charge is 2.14. The van der Waals surface area contributed by atoms with E-state index in [4.69, 9.17) is 4.74 Å². The fourth-order valence-corrected chi connectivity index (χ4v) is 2.01. The topological polar surface area (TPSA) is 49.8 Å². The van der Waals surface area contributed by atoms with Gasteiger partial charge < -0.3 is 14.7 Å². The van der Waals surface area contributed by atoms with E-state index >= 15 is 0 Å². The van der Waals surface area contributed by atoms with Crippen LogP contribution in [0.15, 0.2) is 36.4 Å². The van der Waals surface area contributed by atoms with Crippen molar-refractivity contribution in [3.05, 3.63) is 42.0 Å². The molecule has 2 aromatic rings. The van der Waals surface area contributed by atoms with Crippen molar-refractivity contribution in [1.29, 1.82) is 0 Å². The quantitative estimate of drug-likeness (QED) is 0.930. The predicted octanol–water partition coefficient (Wildman–Crippen LogP) is 2.36. The Kier molecular flexibility index (Phi) is 4.25. The van der Waals surface area contributed by atoms with Gasteiger partial charge in [-0.25, -0.2) is 0 Å². The van der Waals surface area contributed by atoms with Crippen LogP contribution in [0.1, 0.15) is 18.6 Å². The third kappa shape index (κ3) is 2.91. The van der Waals surface area contributed by atoms with Gasteiger partial charge in [0.05, 0.1) is 6.10 Å². The number of likely N-dealkylation sites (N-methyl/N-ethyl adjacent to an activating group) is 1. The lowest BCUT2D eigenvalue weighted by molar-refractivity contribution is -0.130. The third-order valence-corrected chi connectivity index (χ3v) is 3.20. The second-order valence-electron chi connectivity index (χ2n) is 4.96. The molecule has 0 saturated heterocycles. The number of carbonyl (C=O) groups is 1. The SMILES string of the molecule is CC(O)c1ccc2ccccc2c1OCC(=O)N(C)C. The Morgan fingerprint density at radius 1 is 1.25 bits per heavy atom. The number of fused-ring (bicyclic) bond motifs is 1. The Balaban J connectivity index is 2.42. The summed E-state index contributed by atoms with van der Waals surface area (Å²) in [6.07, 6.45) is -0.649. The van der Waals surface area contributed by atoms with E-state index in [9.17, 15) is 9.90 Å². The summed E-state index contributed by atoms with van der Waals surface area (Å²) in [5, 5.41) is 11.8. The fourth-order valence-electron chi connectivity index (χ4n) is 2.01. The zero-order valence-electron chi connectivity index (χ0n) is 12.0. The first-order chi connectivity index (χ1) is 9.50. The van der Waals surface area contributed by atoms with Gasteiger partial charge in [0, 0.05) is 25.0 Å². The van der Waals surface area contributed by atoms with Crippen molar-refractivity contribution < 1.29 is 14.6 Å². The van der Waals surface area contributed by atoms with Crippen LogP contribution >= 0.6 is 0 Å². The van der Waals surface area contributed by atoms with Gasteiger partial charge in [-0.1, -0.05) is 36.4 Å². The van der Waals surface area contributed by atoms with Gasteiger partial charge in [0.25, 0.3) is 5.91 Å². The van der Waals surface area contributed by atoms with Gasteiger partial charge in [-0.15, -0.1) is 0 Å². The lowest BCUT2D eigenvalue weighted by Gasteiger charge is -2.17. The Morgan fingerprint density at radius 3 is 2.60 bits per heavy atom. The molecule has 0 aliphatic heterocycles. The lowest BCUT2D eigenvalue weighted by Crippen LogP contribution is -2.27. The van der Waals surface area contributed by atoms with Crippen LogP contribution in [0.25, 0.3) is 10.8 Å². The Morgan fingerprint density at radius 2 is 1.95 bits per heavy atom. The molecule has 0 heterocycles. The molecule has 0 spiro atoms. The zero-order chi connectivity index (χ0) is 14.7. The highest BCUT2D eigenvalue weighted by atomic mass is 16.5. The zero-order valence-corrected chi connectivity index (χ0v) is 12.0. The number of benzene rings is 2. The maximum atomic E-state index is 11.7. The molecule has 1 amide bonds. The Labute approximate surface area is 118 Å². The standard InChI is InChI=1S/C16H19NO3/c1-11(18)13-9-8-12-6-4-5-7-14(12)16(13)20-10-15(19)17(2)3/h4-9,11,18H,10H2,1-3H3. The van der Waals surface area contributed by atoms with Gasteiger partial charge in [0.2, 0.25) is 0 Å². The second-order valence-corrected chi connectivity index (χ2v) is 4.96. The van der Waals surface area contributed by atoms with Crippen molar-refractivity contribution in [3.8, 4) is 5.75 Å². The van der Waals surface area contributed by atoms with E-state index in [1.807, 2.05) is 36.4 Å². The maximum absolute atomic E-state index is 11.7. The average molecular weight is 273 g/mol. The van der Waals surface area contributed by atoms with Crippen LogP contribution in [-0.2, 0) is 4.79 Å². The molecule has 0 fully saturated rings. The van der Waals surface area contributed by atoms with Crippen molar-refractivity contribution >= 4 is 16.7 Å². The summed E-state index contributed by atoms with van der Waals surface area (Å²) in [5.41, 5.74) is 0.690. The average Bonchev–Trinajstić information content (AvgIpc) is 2.43. The van der Waals surface area contributed by atoms with Crippen molar-refractivity contribution in [2.24, 2.45) is 0 Å². The summed E-state index contributed by atoms with van der Waals surface area (Å²) in [5.74, 6) is 0.461. The van der Waals surface area contributed by atoms with E-state index in [1.54, 1.807) is 21.0 Å². The number of rotatable bonds is 4. The minimum absolute atomic E-state index is 0.0409. The van der Waals surface area contributed by atoms with Crippen LogP contribution in [0.5, 0.6) is 5.75 Å². The molecule has 106 valence electrons. The molecular weight excluding hydrogens is 254 g/mol. The molecule has 2 aromatic carbocycles. The first-order valence-electron chi connectivity index (χ1n) is 6.53. The van der Waals surface area contributed by atoms with Gasteiger partial charge in [-0.05, 0) is 12.3 Å². The van der Waals surface area contributed by atoms with Crippen molar-refractivity contribution in [2.45, 2.75) is 13.0 Å². The summed E-state index contributed by atoms with van der Waals surface area (Å²) in [4.78, 5) is 13.2. The summed E-state index contributed by atoms with van der Waals surface area (Å²) >= 11 is 0. The number of amides is 1.